The van der Waals surface area contributed by atoms with Crippen LogP contribution in [0.3, 0.4) is 0 Å². The van der Waals surface area contributed by atoms with Gasteiger partial charge in [-0.2, -0.15) is 0 Å². The van der Waals surface area contributed by atoms with Crippen LogP contribution in [0, 0.1) is 46.3 Å². The van der Waals surface area contributed by atoms with E-state index in [2.05, 4.69) is 114 Å². The zero-order chi connectivity index (χ0) is 30.5. The molecule has 4 aliphatic carbocycles. The lowest BCUT2D eigenvalue weighted by molar-refractivity contribution is -0.0837. The second kappa shape index (κ2) is 11.8. The molecule has 0 amide bonds. The molecule has 0 spiro atoms. The molecule has 228 valence electrons. The average Bonchev–Trinajstić information content (AvgIpc) is 2.98. The van der Waals surface area contributed by atoms with Gasteiger partial charge in [0.15, 0.2) is 0 Å². The number of hydrogen-bond acceptors (Lipinski definition) is 2. The molecular weight excluding hydrogens is 539 g/mol. The summed E-state index contributed by atoms with van der Waals surface area (Å²) in [5.74, 6) is 4.69. The molecule has 0 saturated heterocycles. The Morgan fingerprint density at radius 1 is 0.953 bits per heavy atom. The van der Waals surface area contributed by atoms with E-state index in [1.807, 2.05) is 11.8 Å². The largest absolute Gasteiger partial charge is 0.369 e. The van der Waals surface area contributed by atoms with Gasteiger partial charge in [-0.3, -0.25) is 0 Å². The molecule has 3 saturated carbocycles. The van der Waals surface area contributed by atoms with Crippen molar-refractivity contribution in [3.05, 3.63) is 113 Å². The van der Waals surface area contributed by atoms with Crippen molar-refractivity contribution in [2.75, 3.05) is 0 Å². The van der Waals surface area contributed by atoms with E-state index >= 15 is 0 Å². The fraction of sp³-hybridized carbons (Fsp3) is 0.512. The van der Waals surface area contributed by atoms with E-state index in [0.717, 1.165) is 53.7 Å². The highest BCUT2D eigenvalue weighted by Crippen LogP contribution is 2.66. The van der Waals surface area contributed by atoms with Gasteiger partial charge in [-0.1, -0.05) is 125 Å². The summed E-state index contributed by atoms with van der Waals surface area (Å²) in [6.07, 6.45) is 9.09. The van der Waals surface area contributed by atoms with E-state index in [1.165, 1.54) is 48.1 Å². The van der Waals surface area contributed by atoms with E-state index in [4.69, 9.17) is 6.58 Å². The first kappa shape index (κ1) is 30.6. The zero-order valence-electron chi connectivity index (χ0n) is 27.3. The van der Waals surface area contributed by atoms with E-state index in [-0.39, 0.29) is 16.2 Å². The summed E-state index contributed by atoms with van der Waals surface area (Å²) in [7, 11) is 0. The predicted octanol–water partition coefficient (Wildman–Crippen LogP) is 11.6. The number of nitrogens with one attached hydrogen (secondary N) is 1. The molecule has 1 nitrogen and oxygen atoms in total. The van der Waals surface area contributed by atoms with Crippen LogP contribution >= 0.6 is 11.8 Å². The summed E-state index contributed by atoms with van der Waals surface area (Å²) in [6.45, 7) is 26.7. The van der Waals surface area contributed by atoms with Crippen molar-refractivity contribution >= 4 is 17.5 Å². The highest BCUT2D eigenvalue weighted by molar-refractivity contribution is 8.03. The lowest BCUT2D eigenvalue weighted by Crippen LogP contribution is -2.54. The van der Waals surface area contributed by atoms with E-state index in [0.29, 0.717) is 5.92 Å². The normalized spacial score (nSPS) is 33.7. The van der Waals surface area contributed by atoms with E-state index < -0.39 is 0 Å². The highest BCUT2D eigenvalue weighted by atomic mass is 32.2. The Kier molecular flexibility index (Phi) is 8.40. The second-order valence-corrected chi connectivity index (χ2v) is 16.5. The Morgan fingerprint density at radius 2 is 1.63 bits per heavy atom. The van der Waals surface area contributed by atoms with Gasteiger partial charge in [0.2, 0.25) is 0 Å². The molecule has 0 aliphatic heterocycles. The van der Waals surface area contributed by atoms with Crippen molar-refractivity contribution in [3.8, 4) is 0 Å². The van der Waals surface area contributed by atoms with Crippen molar-refractivity contribution < 1.29 is 0 Å². The van der Waals surface area contributed by atoms with Crippen LogP contribution in [0.5, 0.6) is 0 Å². The van der Waals surface area contributed by atoms with Crippen molar-refractivity contribution in [1.29, 1.82) is 0 Å². The highest BCUT2D eigenvalue weighted by Gasteiger charge is 2.57. The minimum Gasteiger partial charge on any atom is -0.369 e. The van der Waals surface area contributed by atoms with Crippen LogP contribution < -0.4 is 5.32 Å². The van der Waals surface area contributed by atoms with Crippen molar-refractivity contribution in [2.45, 2.75) is 84.9 Å². The van der Waals surface area contributed by atoms with Crippen LogP contribution in [0.1, 0.15) is 96.1 Å². The van der Waals surface area contributed by atoms with E-state index in [9.17, 15) is 0 Å². The number of rotatable bonds is 8. The third kappa shape index (κ3) is 5.52. The summed E-state index contributed by atoms with van der Waals surface area (Å²) in [4.78, 5) is 1.26. The average molecular weight is 592 g/mol. The first-order valence-corrected chi connectivity index (χ1v) is 17.7. The van der Waals surface area contributed by atoms with Crippen molar-refractivity contribution in [1.82, 2.24) is 5.32 Å². The van der Waals surface area contributed by atoms with Gasteiger partial charge in [0.1, 0.15) is 5.37 Å². The predicted molar refractivity (Wildman–Crippen MR) is 187 cm³/mol. The minimum atomic E-state index is 0.0691. The minimum absolute atomic E-state index is 0.0691. The Labute approximate surface area is 266 Å². The van der Waals surface area contributed by atoms with Crippen molar-refractivity contribution in [3.63, 3.8) is 0 Å². The fourth-order valence-electron chi connectivity index (χ4n) is 9.66. The maximum absolute atomic E-state index is 4.89. The van der Waals surface area contributed by atoms with Gasteiger partial charge in [0.05, 0.1) is 0 Å². The third-order valence-electron chi connectivity index (χ3n) is 12.9. The van der Waals surface area contributed by atoms with Gasteiger partial charge >= 0.3 is 0 Å². The van der Waals surface area contributed by atoms with Crippen LogP contribution in [0.2, 0.25) is 0 Å². The monoisotopic (exact) mass is 591 g/mol. The van der Waals surface area contributed by atoms with Gasteiger partial charge in [-0.05, 0) is 114 Å². The van der Waals surface area contributed by atoms with E-state index in [1.54, 1.807) is 11.1 Å². The van der Waals surface area contributed by atoms with Crippen molar-refractivity contribution in [2.24, 2.45) is 46.3 Å². The molecule has 2 aromatic rings. The maximum Gasteiger partial charge on any atom is 0.102 e. The van der Waals surface area contributed by atoms with Crippen LogP contribution in [-0.4, -0.2) is 0 Å². The lowest BCUT2D eigenvalue weighted by Gasteiger charge is -2.62. The Morgan fingerprint density at radius 3 is 2.28 bits per heavy atom. The molecule has 2 heteroatoms. The van der Waals surface area contributed by atoms with Crippen LogP contribution in [-0.2, 0) is 0 Å². The second-order valence-electron chi connectivity index (χ2n) is 15.2. The molecule has 8 atom stereocenters. The smallest absolute Gasteiger partial charge is 0.102 e. The van der Waals surface area contributed by atoms with Gasteiger partial charge in [0.25, 0.3) is 0 Å². The third-order valence-corrected chi connectivity index (χ3v) is 14.0. The number of benzene rings is 2. The quantitative estimate of drug-likeness (QED) is 0.242. The van der Waals surface area contributed by atoms with Gasteiger partial charge in [-0.15, -0.1) is 11.8 Å². The number of allylic oxidation sites excluding steroid dienone is 4. The maximum atomic E-state index is 4.89. The summed E-state index contributed by atoms with van der Waals surface area (Å²) >= 11 is 1.88. The number of thioether (sulfide) groups is 1. The summed E-state index contributed by atoms with van der Waals surface area (Å²) in [5, 5.41) is 3.81. The lowest BCUT2D eigenvalue weighted by atomic mass is 9.42. The van der Waals surface area contributed by atoms with Gasteiger partial charge < -0.3 is 5.32 Å². The molecule has 6 rings (SSSR count). The Balaban J connectivity index is 1.24. The molecule has 3 fully saturated rings. The summed E-state index contributed by atoms with van der Waals surface area (Å²) in [6, 6.07) is 21.2. The SMILES string of the molecule is C=C(C[C@H]1CC2CC3C4CC[C@@H]4CC(C)C3(C)C(=C)CC(=C1C)C2(C)C)SC(NC(=C)c1ccccc1)c1ccccc1. The molecule has 2 bridgehead atoms. The zero-order valence-corrected chi connectivity index (χ0v) is 28.1. The van der Waals surface area contributed by atoms with Gasteiger partial charge in [-0.25, -0.2) is 0 Å². The first-order valence-electron chi connectivity index (χ1n) is 16.8. The number of fused-ring (bicyclic) bond motifs is 5. The molecule has 4 aliphatic rings. The van der Waals surface area contributed by atoms with Crippen LogP contribution in [0.4, 0.5) is 0 Å². The van der Waals surface area contributed by atoms with Crippen LogP contribution in [0.25, 0.3) is 5.70 Å². The standard InChI is InChI=1S/C41H53NS/c1-26-21-33-19-20-36(33)38-25-35-24-34(29(4)37(40(35,6)7)22-27(2)41(26,38)8)23-28(3)43-39(32-17-13-10-14-18-32)42-30(5)31-15-11-9-12-16-31/h9-18,26,33-36,38-39,42H,2-3,5,19-25H2,1,4,6-8H3/t26?,33-,34+,35?,36?,38?,39?,41?/m1/s1. The molecule has 2 aromatic carbocycles. The number of hydrogen-bond donors (Lipinski definition) is 1. The topological polar surface area (TPSA) is 12.0 Å². The Hall–Kier alpha value is -2.45. The summed E-state index contributed by atoms with van der Waals surface area (Å²) < 4.78 is 0. The molecule has 43 heavy (non-hydrogen) atoms. The molecule has 1 N–H and O–H groups in total. The molecule has 0 heterocycles. The van der Waals surface area contributed by atoms with Crippen LogP contribution in [0.15, 0.2) is 102 Å². The molecule has 0 radical (unpaired) electrons. The molecule has 6 unspecified atom stereocenters. The molecular formula is C41H53NS. The first-order chi connectivity index (χ1) is 20.5. The summed E-state index contributed by atoms with van der Waals surface area (Å²) in [5.41, 5.74) is 8.69. The fourth-order valence-corrected chi connectivity index (χ4v) is 10.8. The van der Waals surface area contributed by atoms with Gasteiger partial charge in [0, 0.05) is 5.70 Å². The Bertz CT molecular complexity index is 1400. The molecule has 0 aromatic heterocycles.